The smallest absolute Gasteiger partial charge is 0.412 e. The van der Waals surface area contributed by atoms with Crippen molar-refractivity contribution < 1.29 is 14.6 Å². The number of hydrogen-bond acceptors (Lipinski definition) is 6. The van der Waals surface area contributed by atoms with Gasteiger partial charge in [0.2, 0.25) is 0 Å². The van der Waals surface area contributed by atoms with Crippen LogP contribution in [-0.2, 0) is 0 Å². The average Bonchev–Trinajstić information content (AvgIpc) is 3.33. The summed E-state index contributed by atoms with van der Waals surface area (Å²) in [5.41, 5.74) is 0.700. The van der Waals surface area contributed by atoms with Gasteiger partial charge in [-0.1, -0.05) is 18.2 Å². The number of rotatable bonds is 7. The van der Waals surface area contributed by atoms with Crippen molar-refractivity contribution in [1.29, 1.82) is 0 Å². The third-order valence-electron chi connectivity index (χ3n) is 7.60. The summed E-state index contributed by atoms with van der Waals surface area (Å²) in [6.07, 6.45) is 4.32. The van der Waals surface area contributed by atoms with E-state index < -0.39 is 6.09 Å². The maximum absolute atomic E-state index is 12.1. The summed E-state index contributed by atoms with van der Waals surface area (Å²) >= 11 is 1.59. The van der Waals surface area contributed by atoms with Crippen molar-refractivity contribution in [3.05, 3.63) is 48.5 Å². The number of hydrogen-bond donors (Lipinski definition) is 1. The highest BCUT2D eigenvalue weighted by Crippen LogP contribution is 2.34. The van der Waals surface area contributed by atoms with E-state index in [1.165, 1.54) is 16.5 Å². The highest BCUT2D eigenvalue weighted by molar-refractivity contribution is 7.13. The Bertz CT molecular complexity index is 1140. The Morgan fingerprint density at radius 1 is 1.09 bits per heavy atom. The van der Waals surface area contributed by atoms with Gasteiger partial charge >= 0.3 is 6.09 Å². The van der Waals surface area contributed by atoms with Crippen LogP contribution >= 0.6 is 11.5 Å². The molecule has 2 fully saturated rings. The molecule has 2 aromatic carbocycles. The molecule has 0 radical (unpaired) electrons. The maximum atomic E-state index is 12.1. The monoisotopic (exact) mass is 494 g/mol. The fraction of sp³-hybridized carbons (Fsp3) is 0.481. The van der Waals surface area contributed by atoms with E-state index in [0.717, 1.165) is 64.2 Å². The normalized spacial score (nSPS) is 21.2. The number of nitrogens with zero attached hydrogens (tertiary/aromatic N) is 4. The Balaban J connectivity index is 1.09. The topological polar surface area (TPSA) is 69.1 Å². The molecule has 8 heteroatoms. The summed E-state index contributed by atoms with van der Waals surface area (Å²) in [6.45, 7) is 5.32. The zero-order valence-corrected chi connectivity index (χ0v) is 21.1. The van der Waals surface area contributed by atoms with Gasteiger partial charge in [-0.25, -0.2) is 4.79 Å². The lowest BCUT2D eigenvalue weighted by atomic mass is 9.83. The summed E-state index contributed by atoms with van der Waals surface area (Å²) in [5, 5.41) is 11.2. The molecule has 1 aliphatic carbocycles. The SMILES string of the molecule is COc1cccc(N(C(=O)O)[C@H]2CC[C@H](CCN3CCN(c4nsc5ccccc45)CC3)CC2)c1. The van der Waals surface area contributed by atoms with Crippen molar-refractivity contribution in [3.8, 4) is 5.75 Å². The van der Waals surface area contributed by atoms with Gasteiger partial charge < -0.3 is 14.7 Å². The predicted molar refractivity (Wildman–Crippen MR) is 142 cm³/mol. The number of aromatic nitrogens is 1. The van der Waals surface area contributed by atoms with Crippen LogP contribution in [0.4, 0.5) is 16.3 Å². The summed E-state index contributed by atoms with van der Waals surface area (Å²) in [6, 6.07) is 15.9. The summed E-state index contributed by atoms with van der Waals surface area (Å²) in [7, 11) is 1.61. The second-order valence-corrected chi connectivity index (χ2v) is 10.5. The molecule has 186 valence electrons. The van der Waals surface area contributed by atoms with Crippen molar-refractivity contribution in [2.24, 2.45) is 5.92 Å². The van der Waals surface area contributed by atoms with Gasteiger partial charge in [0.05, 0.1) is 17.5 Å². The van der Waals surface area contributed by atoms with Crippen LogP contribution in [0.2, 0.25) is 0 Å². The van der Waals surface area contributed by atoms with Crippen molar-refractivity contribution in [3.63, 3.8) is 0 Å². The summed E-state index contributed by atoms with van der Waals surface area (Å²) in [4.78, 5) is 18.6. The number of carboxylic acid groups (broad SMARTS) is 1. The second-order valence-electron chi connectivity index (χ2n) is 9.65. The van der Waals surface area contributed by atoms with Gasteiger partial charge in [-0.05, 0) is 80.4 Å². The van der Waals surface area contributed by atoms with E-state index in [4.69, 9.17) is 9.11 Å². The second kappa shape index (κ2) is 10.8. The van der Waals surface area contributed by atoms with Gasteiger partial charge in [-0.3, -0.25) is 9.80 Å². The zero-order valence-electron chi connectivity index (χ0n) is 20.3. The van der Waals surface area contributed by atoms with E-state index in [2.05, 4.69) is 34.1 Å². The van der Waals surface area contributed by atoms with Crippen LogP contribution in [-0.4, -0.2) is 66.3 Å². The molecule has 0 spiro atoms. The molecule has 1 saturated carbocycles. The Morgan fingerprint density at radius 3 is 2.60 bits per heavy atom. The number of amides is 1. The molecule has 2 aliphatic rings. The minimum absolute atomic E-state index is 0.0346. The van der Waals surface area contributed by atoms with Gasteiger partial charge in [0, 0.05) is 43.7 Å². The van der Waals surface area contributed by atoms with Crippen LogP contribution < -0.4 is 14.5 Å². The highest BCUT2D eigenvalue weighted by atomic mass is 32.1. The predicted octanol–water partition coefficient (Wildman–Crippen LogP) is 5.56. The average molecular weight is 495 g/mol. The van der Waals surface area contributed by atoms with Crippen molar-refractivity contribution >= 4 is 39.2 Å². The molecule has 0 atom stereocenters. The molecule has 7 nitrogen and oxygen atoms in total. The number of fused-ring (bicyclic) bond motifs is 1. The first kappa shape index (κ1) is 23.9. The minimum Gasteiger partial charge on any atom is -0.497 e. The van der Waals surface area contributed by atoms with E-state index in [0.29, 0.717) is 17.4 Å². The van der Waals surface area contributed by atoms with E-state index in [1.807, 2.05) is 24.3 Å². The van der Waals surface area contributed by atoms with Crippen LogP contribution in [0.15, 0.2) is 48.5 Å². The van der Waals surface area contributed by atoms with Gasteiger partial charge in [-0.2, -0.15) is 4.37 Å². The van der Waals surface area contributed by atoms with Crippen molar-refractivity contribution in [2.75, 3.05) is 49.6 Å². The molecule has 0 unspecified atom stereocenters. The van der Waals surface area contributed by atoms with E-state index in [-0.39, 0.29) is 6.04 Å². The molecule has 3 aromatic rings. The molecule has 1 aromatic heterocycles. The summed E-state index contributed by atoms with van der Waals surface area (Å²) in [5.74, 6) is 2.50. The number of carbonyl (C=O) groups is 1. The van der Waals surface area contributed by atoms with E-state index >= 15 is 0 Å². The molecule has 1 aliphatic heterocycles. The quantitative estimate of drug-likeness (QED) is 0.464. The lowest BCUT2D eigenvalue weighted by molar-refractivity contribution is 0.189. The van der Waals surface area contributed by atoms with Crippen LogP contribution in [0.5, 0.6) is 5.75 Å². The van der Waals surface area contributed by atoms with Crippen molar-refractivity contribution in [1.82, 2.24) is 9.27 Å². The third kappa shape index (κ3) is 5.38. The van der Waals surface area contributed by atoms with Gasteiger partial charge in [0.1, 0.15) is 11.6 Å². The van der Waals surface area contributed by atoms with Gasteiger partial charge in [0.15, 0.2) is 0 Å². The van der Waals surface area contributed by atoms with Crippen LogP contribution in [0, 0.1) is 5.92 Å². The third-order valence-corrected chi connectivity index (χ3v) is 8.42. The highest BCUT2D eigenvalue weighted by Gasteiger charge is 2.30. The molecule has 0 bridgehead atoms. The summed E-state index contributed by atoms with van der Waals surface area (Å²) < 4.78 is 11.3. The standard InChI is InChI=1S/C27H34N4O3S/c1-34-23-6-4-5-22(19-23)31(27(32)33)21-11-9-20(10-12-21)13-14-29-15-17-30(18-16-29)26-24-7-2-3-8-25(24)35-28-26/h2-8,19-21H,9-18H2,1H3,(H,32,33)/t20-,21-. The Hall–Kier alpha value is -2.84. The van der Waals surface area contributed by atoms with Crippen LogP contribution in [0.3, 0.4) is 0 Å². The molecule has 1 N–H and O–H groups in total. The number of benzene rings is 2. The van der Waals surface area contributed by atoms with Gasteiger partial charge in [0.25, 0.3) is 0 Å². The lowest BCUT2D eigenvalue weighted by Crippen LogP contribution is -2.47. The molecule has 1 saturated heterocycles. The fourth-order valence-electron chi connectivity index (χ4n) is 5.58. The molecule has 35 heavy (non-hydrogen) atoms. The largest absolute Gasteiger partial charge is 0.497 e. The van der Waals surface area contributed by atoms with Gasteiger partial charge in [-0.15, -0.1) is 0 Å². The maximum Gasteiger partial charge on any atom is 0.412 e. The van der Waals surface area contributed by atoms with Crippen molar-refractivity contribution in [2.45, 2.75) is 38.1 Å². The fourth-order valence-corrected chi connectivity index (χ4v) is 6.37. The van der Waals surface area contributed by atoms with E-state index in [1.54, 1.807) is 23.5 Å². The first-order chi connectivity index (χ1) is 17.1. The Labute approximate surface area is 211 Å². The number of ether oxygens (including phenoxy) is 1. The Morgan fingerprint density at radius 2 is 1.86 bits per heavy atom. The molecular weight excluding hydrogens is 460 g/mol. The number of methoxy groups -OCH3 is 1. The molecule has 5 rings (SSSR count). The minimum atomic E-state index is -0.882. The number of piperazine rings is 1. The molecule has 2 heterocycles. The van der Waals surface area contributed by atoms with E-state index in [9.17, 15) is 9.90 Å². The zero-order chi connectivity index (χ0) is 24.2. The first-order valence-electron chi connectivity index (χ1n) is 12.6. The van der Waals surface area contributed by atoms with Crippen LogP contribution in [0.25, 0.3) is 10.1 Å². The first-order valence-corrected chi connectivity index (χ1v) is 13.4. The number of anilines is 2. The molecule has 1 amide bonds. The lowest BCUT2D eigenvalue weighted by Gasteiger charge is -2.38. The Kier molecular flexibility index (Phi) is 7.39. The molecular formula is C27H34N4O3S. The van der Waals surface area contributed by atoms with Crippen LogP contribution in [0.1, 0.15) is 32.1 Å².